The molecule has 1 aromatic carbocycles. The Balaban J connectivity index is 0. The molecule has 0 unspecified atom stereocenters. The van der Waals surface area contributed by atoms with E-state index in [1.54, 1.807) is 6.08 Å². The highest BCUT2D eigenvalue weighted by molar-refractivity contribution is 5.87. The minimum atomic E-state index is 0. The highest BCUT2D eigenvalue weighted by Crippen LogP contribution is 2.02. The lowest BCUT2D eigenvalue weighted by Gasteiger charge is -1.94. The van der Waals surface area contributed by atoms with Gasteiger partial charge in [0.25, 0.3) is 0 Å². The van der Waals surface area contributed by atoms with Gasteiger partial charge in [0.15, 0.2) is 5.78 Å². The van der Waals surface area contributed by atoms with Crippen molar-refractivity contribution in [3.63, 3.8) is 0 Å². The number of carbonyl (C=O) groups excluding carboxylic acids is 1. The van der Waals surface area contributed by atoms with E-state index < -0.39 is 0 Å². The van der Waals surface area contributed by atoms with Crippen LogP contribution in [0.1, 0.15) is 31.9 Å². The monoisotopic (exact) mass is 247 g/mol. The van der Waals surface area contributed by atoms with Crippen molar-refractivity contribution in [2.24, 2.45) is 0 Å². The standard InChI is InChI=1S/C9H12.C7H10O.H3N/c1-3-9-6-4-8(2)5-7-9;1-3-4-5-6-7(2)8;/h4-7H,3H2,1-2H3;3-6H,1-2H3;1H3/b;4-3-,6-5-;. The third-order valence-electron chi connectivity index (χ3n) is 2.16. The van der Waals surface area contributed by atoms with Crippen molar-refractivity contribution >= 4 is 5.78 Å². The lowest BCUT2D eigenvalue weighted by molar-refractivity contribution is -0.112. The van der Waals surface area contributed by atoms with E-state index >= 15 is 0 Å². The number of hydrogen-bond acceptors (Lipinski definition) is 2. The van der Waals surface area contributed by atoms with Crippen LogP contribution in [0.2, 0.25) is 0 Å². The van der Waals surface area contributed by atoms with Crippen LogP contribution in [0.3, 0.4) is 0 Å². The van der Waals surface area contributed by atoms with Gasteiger partial charge in [0, 0.05) is 0 Å². The second kappa shape index (κ2) is 11.8. The van der Waals surface area contributed by atoms with Crippen molar-refractivity contribution < 1.29 is 4.79 Å². The van der Waals surface area contributed by atoms with E-state index in [1.165, 1.54) is 24.1 Å². The summed E-state index contributed by atoms with van der Waals surface area (Å²) in [7, 11) is 0. The highest BCUT2D eigenvalue weighted by atomic mass is 16.1. The molecule has 3 N–H and O–H groups in total. The Morgan fingerprint density at radius 1 is 1.17 bits per heavy atom. The maximum absolute atomic E-state index is 10.2. The summed E-state index contributed by atoms with van der Waals surface area (Å²) < 4.78 is 0. The summed E-state index contributed by atoms with van der Waals surface area (Å²) in [5.74, 6) is 0.0862. The molecule has 0 amide bonds. The quantitative estimate of drug-likeness (QED) is 0.634. The van der Waals surface area contributed by atoms with E-state index in [9.17, 15) is 4.79 Å². The first kappa shape index (κ1) is 18.7. The zero-order chi connectivity index (χ0) is 13.1. The van der Waals surface area contributed by atoms with Crippen LogP contribution in [0, 0.1) is 6.92 Å². The van der Waals surface area contributed by atoms with E-state index in [4.69, 9.17) is 0 Å². The number of aryl methyl sites for hydroxylation is 2. The molecule has 0 aliphatic rings. The Bertz CT molecular complexity index is 375. The first-order chi connectivity index (χ1) is 8.10. The zero-order valence-corrected chi connectivity index (χ0v) is 11.9. The van der Waals surface area contributed by atoms with Crippen molar-refractivity contribution in [3.8, 4) is 0 Å². The summed E-state index contributed by atoms with van der Waals surface area (Å²) in [6.45, 7) is 7.72. The van der Waals surface area contributed by atoms with Gasteiger partial charge in [0.05, 0.1) is 0 Å². The van der Waals surface area contributed by atoms with Gasteiger partial charge in [0.1, 0.15) is 0 Å². The van der Waals surface area contributed by atoms with Gasteiger partial charge in [-0.15, -0.1) is 0 Å². The second-order valence-electron chi connectivity index (χ2n) is 3.83. The van der Waals surface area contributed by atoms with E-state index in [2.05, 4.69) is 38.1 Å². The molecule has 100 valence electrons. The molecule has 2 nitrogen and oxygen atoms in total. The third kappa shape index (κ3) is 10.8. The average Bonchev–Trinajstić information content (AvgIpc) is 2.31. The second-order valence-corrected chi connectivity index (χ2v) is 3.83. The van der Waals surface area contributed by atoms with Crippen molar-refractivity contribution in [1.82, 2.24) is 6.15 Å². The summed E-state index contributed by atoms with van der Waals surface area (Å²) >= 11 is 0. The van der Waals surface area contributed by atoms with Gasteiger partial charge in [-0.25, -0.2) is 0 Å². The van der Waals surface area contributed by atoms with Gasteiger partial charge < -0.3 is 6.15 Å². The van der Waals surface area contributed by atoms with Crippen LogP contribution in [-0.4, -0.2) is 5.78 Å². The molecule has 0 aliphatic heterocycles. The zero-order valence-electron chi connectivity index (χ0n) is 11.9. The van der Waals surface area contributed by atoms with E-state index in [0.717, 1.165) is 6.42 Å². The van der Waals surface area contributed by atoms with Gasteiger partial charge in [0.2, 0.25) is 0 Å². The first-order valence-corrected chi connectivity index (χ1v) is 5.95. The molecule has 2 heteroatoms. The molecule has 1 rings (SSSR count). The van der Waals surface area contributed by atoms with E-state index in [-0.39, 0.29) is 11.9 Å². The fraction of sp³-hybridized carbons (Fsp3) is 0.312. The normalized spacial score (nSPS) is 9.78. The number of hydrogen-bond donors (Lipinski definition) is 1. The van der Waals surface area contributed by atoms with Gasteiger partial charge in [-0.05, 0) is 38.8 Å². The molecule has 0 heterocycles. The molecule has 0 aliphatic carbocycles. The van der Waals surface area contributed by atoms with E-state index in [0.29, 0.717) is 0 Å². The molecule has 0 atom stereocenters. The molecule has 0 spiro atoms. The minimum Gasteiger partial charge on any atom is -0.344 e. The van der Waals surface area contributed by atoms with Gasteiger partial charge in [-0.1, -0.05) is 55.0 Å². The predicted molar refractivity (Wildman–Crippen MR) is 80.2 cm³/mol. The first-order valence-electron chi connectivity index (χ1n) is 5.95. The van der Waals surface area contributed by atoms with Crippen LogP contribution in [0.15, 0.2) is 48.6 Å². The summed E-state index contributed by atoms with van der Waals surface area (Å²) in [4.78, 5) is 10.2. The molecule has 0 aromatic heterocycles. The lowest BCUT2D eigenvalue weighted by atomic mass is 10.1. The average molecular weight is 247 g/mol. The highest BCUT2D eigenvalue weighted by Gasteiger charge is 1.84. The summed E-state index contributed by atoms with van der Waals surface area (Å²) in [5.41, 5.74) is 2.76. The molecule has 0 bridgehead atoms. The van der Waals surface area contributed by atoms with Gasteiger partial charge >= 0.3 is 0 Å². The summed E-state index contributed by atoms with van der Waals surface area (Å²) in [6.07, 6.45) is 8.09. The summed E-state index contributed by atoms with van der Waals surface area (Å²) in [5, 5.41) is 0. The van der Waals surface area contributed by atoms with Crippen molar-refractivity contribution in [3.05, 3.63) is 59.7 Å². The Labute approximate surface area is 111 Å². The predicted octanol–water partition coefficient (Wildman–Crippen LogP) is 4.43. The molecule has 0 radical (unpaired) electrons. The topological polar surface area (TPSA) is 52.1 Å². The number of carbonyl (C=O) groups is 1. The van der Waals surface area contributed by atoms with Crippen molar-refractivity contribution in [2.75, 3.05) is 0 Å². The maximum Gasteiger partial charge on any atom is 0.152 e. The fourth-order valence-corrected chi connectivity index (χ4v) is 1.13. The van der Waals surface area contributed by atoms with Gasteiger partial charge in [-0.3, -0.25) is 4.79 Å². The van der Waals surface area contributed by atoms with Crippen LogP contribution >= 0.6 is 0 Å². The molecule has 18 heavy (non-hydrogen) atoms. The number of ketones is 1. The van der Waals surface area contributed by atoms with Crippen LogP contribution < -0.4 is 6.15 Å². The smallest absolute Gasteiger partial charge is 0.152 e. The Hall–Kier alpha value is -1.67. The Morgan fingerprint density at radius 2 is 1.72 bits per heavy atom. The van der Waals surface area contributed by atoms with Crippen molar-refractivity contribution in [1.29, 1.82) is 0 Å². The third-order valence-corrected chi connectivity index (χ3v) is 2.16. The Morgan fingerprint density at radius 3 is 2.11 bits per heavy atom. The number of allylic oxidation sites excluding steroid dienone is 4. The number of benzene rings is 1. The minimum absolute atomic E-state index is 0. The van der Waals surface area contributed by atoms with Crippen LogP contribution in [-0.2, 0) is 11.2 Å². The van der Waals surface area contributed by atoms with Gasteiger partial charge in [-0.2, -0.15) is 0 Å². The van der Waals surface area contributed by atoms with Crippen molar-refractivity contribution in [2.45, 2.75) is 34.1 Å². The van der Waals surface area contributed by atoms with E-state index in [1.807, 2.05) is 19.1 Å². The molecular formula is C16H25NO. The molecule has 0 saturated carbocycles. The lowest BCUT2D eigenvalue weighted by Crippen LogP contribution is -1.77. The molecule has 0 fully saturated rings. The molecule has 0 saturated heterocycles. The SMILES string of the molecule is C/C=C\C=C/C(C)=O.CCc1ccc(C)cc1.N. The maximum atomic E-state index is 10.2. The van der Waals surface area contributed by atoms with Crippen LogP contribution in [0.25, 0.3) is 0 Å². The van der Waals surface area contributed by atoms with Crippen LogP contribution in [0.5, 0.6) is 0 Å². The summed E-state index contributed by atoms with van der Waals surface area (Å²) in [6, 6.07) is 8.66. The molecular weight excluding hydrogens is 222 g/mol. The largest absolute Gasteiger partial charge is 0.344 e. The Kier molecular flexibility index (Phi) is 12.3. The molecule has 1 aromatic rings. The fourth-order valence-electron chi connectivity index (χ4n) is 1.13. The number of rotatable bonds is 3. The van der Waals surface area contributed by atoms with Crippen LogP contribution in [0.4, 0.5) is 0 Å².